The minimum Gasteiger partial charge on any atom is -0.378 e. The van der Waals surface area contributed by atoms with Gasteiger partial charge in [-0.2, -0.15) is 5.10 Å². The molecule has 4 amide bonds. The van der Waals surface area contributed by atoms with Gasteiger partial charge in [-0.05, 0) is 38.0 Å². The maximum Gasteiger partial charge on any atom is 0.322 e. The van der Waals surface area contributed by atoms with Gasteiger partial charge in [0.1, 0.15) is 0 Å². The molecule has 152 valence electrons. The van der Waals surface area contributed by atoms with E-state index in [4.69, 9.17) is 4.74 Å². The number of rotatable bonds is 4. The molecule has 9 nitrogen and oxygen atoms in total. The maximum absolute atomic E-state index is 12.8. The van der Waals surface area contributed by atoms with Crippen LogP contribution in [0.15, 0.2) is 24.3 Å². The number of hydrogen-bond acceptors (Lipinski definition) is 5. The summed E-state index contributed by atoms with van der Waals surface area (Å²) in [5.41, 5.74) is 3.44. The predicted molar refractivity (Wildman–Crippen MR) is 103 cm³/mol. The standard InChI is InChI=1S/C20H23N5O4/c1-11-15(12(2)25-24-11)9-13-3-5-14(6-4-13)17(26)21-16-7-8-29-10-20(16)18(27)22-19(28)23-20/h3-6,16H,7-10H2,1-2H3,(H,21,26)(H,24,25)(H2,22,23,27,28)/t16-,20+/m1/s1. The molecule has 1 aromatic heterocycles. The molecule has 0 radical (unpaired) electrons. The van der Waals surface area contributed by atoms with Crippen molar-refractivity contribution in [2.45, 2.75) is 38.3 Å². The number of carbonyl (C=O) groups is 3. The Kier molecular flexibility index (Phi) is 4.83. The van der Waals surface area contributed by atoms with Gasteiger partial charge in [-0.15, -0.1) is 0 Å². The highest BCUT2D eigenvalue weighted by Crippen LogP contribution is 2.24. The zero-order valence-electron chi connectivity index (χ0n) is 16.3. The smallest absolute Gasteiger partial charge is 0.322 e. The van der Waals surface area contributed by atoms with Gasteiger partial charge in [0.05, 0.1) is 18.3 Å². The minimum absolute atomic E-state index is 0.0257. The molecule has 2 saturated heterocycles. The first-order valence-electron chi connectivity index (χ1n) is 9.50. The maximum atomic E-state index is 12.8. The molecule has 2 atom stereocenters. The van der Waals surface area contributed by atoms with E-state index in [9.17, 15) is 14.4 Å². The van der Waals surface area contributed by atoms with E-state index < -0.39 is 23.5 Å². The molecule has 29 heavy (non-hydrogen) atoms. The molecule has 0 bridgehead atoms. The second-order valence-corrected chi connectivity index (χ2v) is 7.53. The number of aromatic amines is 1. The average molecular weight is 397 g/mol. The number of H-pyrrole nitrogens is 1. The first kappa shape index (κ1) is 19.1. The first-order chi connectivity index (χ1) is 13.9. The van der Waals surface area contributed by atoms with Gasteiger partial charge in [0.2, 0.25) is 0 Å². The van der Waals surface area contributed by atoms with E-state index >= 15 is 0 Å². The van der Waals surface area contributed by atoms with Crippen molar-refractivity contribution < 1.29 is 19.1 Å². The number of imide groups is 1. The highest BCUT2D eigenvalue weighted by molar-refractivity contribution is 6.08. The second-order valence-electron chi connectivity index (χ2n) is 7.53. The monoisotopic (exact) mass is 397 g/mol. The molecule has 4 N–H and O–H groups in total. The van der Waals surface area contributed by atoms with Crippen LogP contribution >= 0.6 is 0 Å². The van der Waals surface area contributed by atoms with Crippen molar-refractivity contribution in [3.8, 4) is 0 Å². The fourth-order valence-electron chi connectivity index (χ4n) is 3.88. The highest BCUT2D eigenvalue weighted by atomic mass is 16.5. The molecule has 1 aromatic carbocycles. The van der Waals surface area contributed by atoms with Gasteiger partial charge >= 0.3 is 6.03 Å². The van der Waals surface area contributed by atoms with Gasteiger partial charge in [-0.1, -0.05) is 12.1 Å². The van der Waals surface area contributed by atoms with Gasteiger partial charge in [0.25, 0.3) is 11.8 Å². The Morgan fingerprint density at radius 3 is 2.66 bits per heavy atom. The summed E-state index contributed by atoms with van der Waals surface area (Å²) >= 11 is 0. The van der Waals surface area contributed by atoms with Gasteiger partial charge < -0.3 is 15.4 Å². The number of nitrogens with one attached hydrogen (secondary N) is 4. The third-order valence-corrected chi connectivity index (χ3v) is 5.63. The molecule has 4 rings (SSSR count). The van der Waals surface area contributed by atoms with E-state index in [1.807, 2.05) is 26.0 Å². The summed E-state index contributed by atoms with van der Waals surface area (Å²) in [7, 11) is 0. The van der Waals surface area contributed by atoms with Crippen molar-refractivity contribution >= 4 is 17.8 Å². The summed E-state index contributed by atoms with van der Waals surface area (Å²) in [6, 6.07) is 6.21. The lowest BCUT2D eigenvalue weighted by Gasteiger charge is -2.38. The lowest BCUT2D eigenvalue weighted by atomic mass is 9.86. The van der Waals surface area contributed by atoms with E-state index in [0.717, 1.165) is 28.9 Å². The van der Waals surface area contributed by atoms with Crippen LogP contribution in [0.25, 0.3) is 0 Å². The Morgan fingerprint density at radius 2 is 2.03 bits per heavy atom. The lowest BCUT2D eigenvalue weighted by molar-refractivity contribution is -0.130. The van der Waals surface area contributed by atoms with Crippen molar-refractivity contribution in [1.29, 1.82) is 0 Å². The molecule has 2 aliphatic rings. The number of carbonyl (C=O) groups excluding carboxylic acids is 3. The summed E-state index contributed by atoms with van der Waals surface area (Å²) in [4.78, 5) is 36.7. The number of amides is 4. The number of urea groups is 1. The molecule has 1 spiro atoms. The van der Waals surface area contributed by atoms with Gasteiger partial charge in [0.15, 0.2) is 5.54 Å². The molecule has 2 aromatic rings. The van der Waals surface area contributed by atoms with Crippen LogP contribution in [0.3, 0.4) is 0 Å². The van der Waals surface area contributed by atoms with Crippen LogP contribution < -0.4 is 16.0 Å². The van der Waals surface area contributed by atoms with E-state index in [1.54, 1.807) is 12.1 Å². The molecule has 0 aliphatic carbocycles. The molecular weight excluding hydrogens is 374 g/mol. The van der Waals surface area contributed by atoms with Crippen LogP contribution in [0.1, 0.15) is 39.3 Å². The number of aryl methyl sites for hydroxylation is 2. The van der Waals surface area contributed by atoms with Crippen molar-refractivity contribution in [1.82, 2.24) is 26.1 Å². The fourth-order valence-corrected chi connectivity index (χ4v) is 3.88. The molecule has 2 aliphatic heterocycles. The molecule has 3 heterocycles. The fraction of sp³-hybridized carbons (Fsp3) is 0.400. The number of ether oxygens (including phenoxy) is 1. The highest BCUT2D eigenvalue weighted by Gasteiger charge is 2.54. The second kappa shape index (κ2) is 7.32. The van der Waals surface area contributed by atoms with Crippen LogP contribution in [-0.4, -0.2) is 52.8 Å². The summed E-state index contributed by atoms with van der Waals surface area (Å²) in [5, 5.41) is 14.9. The number of nitrogens with zero attached hydrogens (tertiary/aromatic N) is 1. The van der Waals surface area contributed by atoms with E-state index in [0.29, 0.717) is 18.6 Å². The number of hydrogen-bond donors (Lipinski definition) is 4. The lowest BCUT2D eigenvalue weighted by Crippen LogP contribution is -2.67. The largest absolute Gasteiger partial charge is 0.378 e. The molecule has 2 fully saturated rings. The topological polar surface area (TPSA) is 125 Å². The Labute approximate surface area is 167 Å². The van der Waals surface area contributed by atoms with Crippen LogP contribution in [0.5, 0.6) is 0 Å². The third-order valence-electron chi connectivity index (χ3n) is 5.63. The van der Waals surface area contributed by atoms with Crippen molar-refractivity contribution in [2.75, 3.05) is 13.2 Å². The Bertz CT molecular complexity index is 948. The van der Waals surface area contributed by atoms with Crippen molar-refractivity contribution in [3.05, 3.63) is 52.3 Å². The normalized spacial score (nSPS) is 23.7. The molecule has 9 heteroatoms. The van der Waals surface area contributed by atoms with Crippen LogP contribution in [-0.2, 0) is 16.0 Å². The van der Waals surface area contributed by atoms with Crippen molar-refractivity contribution in [2.24, 2.45) is 0 Å². The summed E-state index contributed by atoms with van der Waals surface area (Å²) in [6.45, 7) is 4.37. The van der Waals surface area contributed by atoms with Crippen molar-refractivity contribution in [3.63, 3.8) is 0 Å². The van der Waals surface area contributed by atoms with Gasteiger partial charge in [-0.3, -0.25) is 20.0 Å². The number of benzene rings is 1. The Balaban J connectivity index is 1.47. The SMILES string of the molecule is Cc1n[nH]c(C)c1Cc1ccc(C(=O)N[C@@H]2CCOC[C@]23NC(=O)NC3=O)cc1. The zero-order chi connectivity index (χ0) is 20.6. The predicted octanol–water partition coefficient (Wildman–Crippen LogP) is 0.714. The van der Waals surface area contributed by atoms with E-state index in [-0.39, 0.29) is 12.5 Å². The molecular formula is C20H23N5O4. The van der Waals surface area contributed by atoms with Crippen LogP contribution in [0.4, 0.5) is 4.79 Å². The average Bonchev–Trinajstić information content (AvgIpc) is 3.16. The zero-order valence-corrected chi connectivity index (χ0v) is 16.3. The third kappa shape index (κ3) is 3.49. The summed E-state index contributed by atoms with van der Waals surface area (Å²) in [6.07, 6.45) is 1.15. The summed E-state index contributed by atoms with van der Waals surface area (Å²) in [5.74, 6) is -0.777. The van der Waals surface area contributed by atoms with Gasteiger partial charge in [-0.25, -0.2) is 4.79 Å². The van der Waals surface area contributed by atoms with Gasteiger partial charge in [0, 0.05) is 29.8 Å². The van der Waals surface area contributed by atoms with Crippen LogP contribution in [0, 0.1) is 13.8 Å². The van der Waals surface area contributed by atoms with E-state index in [1.165, 1.54) is 0 Å². The Morgan fingerprint density at radius 1 is 1.28 bits per heavy atom. The minimum atomic E-state index is -1.26. The van der Waals surface area contributed by atoms with Crippen LogP contribution in [0.2, 0.25) is 0 Å². The van der Waals surface area contributed by atoms with E-state index in [2.05, 4.69) is 26.1 Å². The first-order valence-corrected chi connectivity index (χ1v) is 9.50. The molecule has 0 unspecified atom stereocenters. The summed E-state index contributed by atoms with van der Waals surface area (Å²) < 4.78 is 5.39. The quantitative estimate of drug-likeness (QED) is 0.566. The molecule has 0 saturated carbocycles. The Hall–Kier alpha value is -3.20. The number of aromatic nitrogens is 2.